The second-order valence-electron chi connectivity index (χ2n) is 6.46. The zero-order valence-electron chi connectivity index (χ0n) is 12.7. The van der Waals surface area contributed by atoms with Crippen molar-refractivity contribution in [3.05, 3.63) is 41.6 Å². The Morgan fingerprint density at radius 2 is 2.14 bits per heavy atom. The van der Waals surface area contributed by atoms with Crippen LogP contribution in [0.2, 0.25) is 0 Å². The van der Waals surface area contributed by atoms with Gasteiger partial charge in [0.15, 0.2) is 0 Å². The molecule has 0 amide bonds. The van der Waals surface area contributed by atoms with Crippen LogP contribution in [0.4, 0.5) is 0 Å². The summed E-state index contributed by atoms with van der Waals surface area (Å²) in [4.78, 5) is 7.29. The van der Waals surface area contributed by atoms with E-state index in [0.29, 0.717) is 6.04 Å². The third-order valence-corrected chi connectivity index (χ3v) is 5.09. The number of aromatic nitrogens is 1. The summed E-state index contributed by atoms with van der Waals surface area (Å²) >= 11 is 0. The molecule has 2 aromatic rings. The molecule has 3 heterocycles. The van der Waals surface area contributed by atoms with Gasteiger partial charge in [-0.3, -0.25) is 9.88 Å². The second-order valence-corrected chi connectivity index (χ2v) is 6.46. The Kier molecular flexibility index (Phi) is 3.40. The van der Waals surface area contributed by atoms with Crippen molar-refractivity contribution in [2.75, 3.05) is 13.1 Å². The predicted molar refractivity (Wildman–Crippen MR) is 86.3 cm³/mol. The molecule has 110 valence electrons. The molecule has 3 heteroatoms. The van der Waals surface area contributed by atoms with Gasteiger partial charge in [-0.05, 0) is 50.4 Å². The van der Waals surface area contributed by atoms with Crippen molar-refractivity contribution in [2.45, 2.75) is 44.8 Å². The summed E-state index contributed by atoms with van der Waals surface area (Å²) < 4.78 is 0. The second kappa shape index (κ2) is 5.39. The standard InChI is InChI=1S/C18H23N3/c1-13-11-14(15-5-2-3-6-16(15)20-13)12-19-17-8-10-21-9-4-7-18(17)21/h2-3,5-6,11,17-19H,4,7-10,12H2,1H3. The Balaban J connectivity index is 1.54. The highest BCUT2D eigenvalue weighted by molar-refractivity contribution is 5.82. The molecule has 2 aliphatic heterocycles. The fraction of sp³-hybridized carbons (Fsp3) is 0.500. The van der Waals surface area contributed by atoms with Crippen LogP contribution in [0.5, 0.6) is 0 Å². The molecule has 0 saturated carbocycles. The number of pyridine rings is 1. The largest absolute Gasteiger partial charge is 0.308 e. The van der Waals surface area contributed by atoms with E-state index in [-0.39, 0.29) is 0 Å². The lowest BCUT2D eigenvalue weighted by atomic mass is 10.0. The van der Waals surface area contributed by atoms with Crippen molar-refractivity contribution in [2.24, 2.45) is 0 Å². The summed E-state index contributed by atoms with van der Waals surface area (Å²) in [5, 5.41) is 5.11. The van der Waals surface area contributed by atoms with Crippen LogP contribution in [-0.2, 0) is 6.54 Å². The van der Waals surface area contributed by atoms with Crippen LogP contribution in [-0.4, -0.2) is 35.1 Å². The number of aryl methyl sites for hydroxylation is 1. The molecule has 0 aliphatic carbocycles. The highest BCUT2D eigenvalue weighted by Gasteiger charge is 2.36. The lowest BCUT2D eigenvalue weighted by Gasteiger charge is -2.21. The summed E-state index contributed by atoms with van der Waals surface area (Å²) in [7, 11) is 0. The maximum absolute atomic E-state index is 4.63. The minimum Gasteiger partial charge on any atom is -0.308 e. The minimum atomic E-state index is 0.666. The number of hydrogen-bond acceptors (Lipinski definition) is 3. The van der Waals surface area contributed by atoms with E-state index in [1.807, 2.05) is 0 Å². The van der Waals surface area contributed by atoms with Crippen molar-refractivity contribution >= 4 is 10.9 Å². The third kappa shape index (κ3) is 2.45. The van der Waals surface area contributed by atoms with Crippen LogP contribution in [0.15, 0.2) is 30.3 Å². The first kappa shape index (κ1) is 13.2. The van der Waals surface area contributed by atoms with Gasteiger partial charge in [-0.2, -0.15) is 0 Å². The first-order valence-electron chi connectivity index (χ1n) is 8.14. The molecule has 0 bridgehead atoms. The predicted octanol–water partition coefficient (Wildman–Crippen LogP) is 2.87. The van der Waals surface area contributed by atoms with Crippen LogP contribution in [0, 0.1) is 6.92 Å². The normalized spacial score (nSPS) is 25.6. The van der Waals surface area contributed by atoms with Gasteiger partial charge in [0.25, 0.3) is 0 Å². The van der Waals surface area contributed by atoms with Crippen LogP contribution in [0.25, 0.3) is 10.9 Å². The van der Waals surface area contributed by atoms with Crippen LogP contribution in [0.3, 0.4) is 0 Å². The van der Waals surface area contributed by atoms with E-state index < -0.39 is 0 Å². The van der Waals surface area contributed by atoms with Gasteiger partial charge in [-0.15, -0.1) is 0 Å². The van der Waals surface area contributed by atoms with E-state index in [0.717, 1.165) is 23.8 Å². The molecule has 2 saturated heterocycles. The van der Waals surface area contributed by atoms with Gasteiger partial charge in [0.2, 0.25) is 0 Å². The van der Waals surface area contributed by atoms with Gasteiger partial charge in [-0.25, -0.2) is 0 Å². The molecule has 1 N–H and O–H groups in total. The van der Waals surface area contributed by atoms with Crippen molar-refractivity contribution in [1.29, 1.82) is 0 Å². The van der Waals surface area contributed by atoms with E-state index in [2.05, 4.69) is 52.5 Å². The van der Waals surface area contributed by atoms with Crippen LogP contribution < -0.4 is 5.32 Å². The van der Waals surface area contributed by atoms with E-state index in [1.54, 1.807) is 0 Å². The van der Waals surface area contributed by atoms with Crippen molar-refractivity contribution in [3.8, 4) is 0 Å². The summed E-state index contributed by atoms with van der Waals surface area (Å²) in [5.41, 5.74) is 3.61. The molecule has 21 heavy (non-hydrogen) atoms. The first-order valence-corrected chi connectivity index (χ1v) is 8.14. The first-order chi connectivity index (χ1) is 10.3. The fourth-order valence-corrected chi connectivity index (χ4v) is 4.10. The molecular formula is C18H23N3. The molecule has 4 rings (SSSR count). The monoisotopic (exact) mass is 281 g/mol. The molecule has 3 nitrogen and oxygen atoms in total. The highest BCUT2D eigenvalue weighted by atomic mass is 15.2. The Morgan fingerprint density at radius 1 is 1.24 bits per heavy atom. The Hall–Kier alpha value is -1.45. The van der Waals surface area contributed by atoms with Gasteiger partial charge in [0, 0.05) is 36.3 Å². The van der Waals surface area contributed by atoms with Crippen molar-refractivity contribution < 1.29 is 0 Å². The lowest BCUT2D eigenvalue weighted by molar-refractivity contribution is 0.298. The zero-order chi connectivity index (χ0) is 14.2. The highest BCUT2D eigenvalue weighted by Crippen LogP contribution is 2.28. The maximum Gasteiger partial charge on any atom is 0.0708 e. The molecule has 2 atom stereocenters. The van der Waals surface area contributed by atoms with Gasteiger partial charge in [0.1, 0.15) is 0 Å². The Morgan fingerprint density at radius 3 is 3.10 bits per heavy atom. The van der Waals surface area contributed by atoms with Gasteiger partial charge in [0.05, 0.1) is 5.52 Å². The number of nitrogens with one attached hydrogen (secondary N) is 1. The van der Waals surface area contributed by atoms with Crippen molar-refractivity contribution in [1.82, 2.24) is 15.2 Å². The molecule has 1 aromatic heterocycles. The summed E-state index contributed by atoms with van der Waals surface area (Å²) in [5.74, 6) is 0. The molecule has 0 spiro atoms. The molecule has 0 radical (unpaired) electrons. The number of nitrogens with zero attached hydrogens (tertiary/aromatic N) is 2. The molecule has 1 aromatic carbocycles. The summed E-state index contributed by atoms with van der Waals surface area (Å²) in [6.45, 7) is 5.63. The zero-order valence-corrected chi connectivity index (χ0v) is 12.7. The van der Waals surface area contributed by atoms with E-state index >= 15 is 0 Å². The number of benzene rings is 1. The Bertz CT molecular complexity index is 652. The number of para-hydroxylation sites is 1. The van der Waals surface area contributed by atoms with Gasteiger partial charge < -0.3 is 5.32 Å². The summed E-state index contributed by atoms with van der Waals surface area (Å²) in [6.07, 6.45) is 4.04. The quantitative estimate of drug-likeness (QED) is 0.937. The molecule has 2 aliphatic rings. The Labute approximate surface area is 126 Å². The van der Waals surface area contributed by atoms with E-state index in [1.165, 1.54) is 43.3 Å². The fourth-order valence-electron chi connectivity index (χ4n) is 4.10. The van der Waals surface area contributed by atoms with Crippen LogP contribution >= 0.6 is 0 Å². The maximum atomic E-state index is 4.63. The molecule has 2 unspecified atom stereocenters. The molecule has 2 fully saturated rings. The number of hydrogen-bond donors (Lipinski definition) is 1. The SMILES string of the molecule is Cc1cc(CNC2CCN3CCCC23)c2ccccc2n1. The van der Waals surface area contributed by atoms with Crippen molar-refractivity contribution in [3.63, 3.8) is 0 Å². The smallest absolute Gasteiger partial charge is 0.0708 e. The third-order valence-electron chi connectivity index (χ3n) is 5.09. The van der Waals surface area contributed by atoms with E-state index in [4.69, 9.17) is 0 Å². The number of fused-ring (bicyclic) bond motifs is 2. The summed E-state index contributed by atoms with van der Waals surface area (Å²) in [6, 6.07) is 12.2. The van der Waals surface area contributed by atoms with Gasteiger partial charge >= 0.3 is 0 Å². The number of rotatable bonds is 3. The van der Waals surface area contributed by atoms with Gasteiger partial charge in [-0.1, -0.05) is 18.2 Å². The van der Waals surface area contributed by atoms with Crippen LogP contribution in [0.1, 0.15) is 30.5 Å². The van der Waals surface area contributed by atoms with E-state index in [9.17, 15) is 0 Å². The average molecular weight is 281 g/mol. The minimum absolute atomic E-state index is 0.666. The lowest BCUT2D eigenvalue weighted by Crippen LogP contribution is -2.38. The topological polar surface area (TPSA) is 28.2 Å². The average Bonchev–Trinajstić information content (AvgIpc) is 3.08. The molecular weight excluding hydrogens is 258 g/mol.